The highest BCUT2D eigenvalue weighted by Crippen LogP contribution is 2.24. The largest absolute Gasteiger partial charge is 0.489 e. The van der Waals surface area contributed by atoms with E-state index in [0.29, 0.717) is 13.2 Å². The molecule has 1 saturated carbocycles. The van der Waals surface area contributed by atoms with E-state index >= 15 is 0 Å². The second kappa shape index (κ2) is 7.84. The second-order valence-electron chi connectivity index (χ2n) is 5.55. The van der Waals surface area contributed by atoms with Crippen LogP contribution in [0.3, 0.4) is 0 Å². The molecule has 2 rings (SSSR count). The van der Waals surface area contributed by atoms with Gasteiger partial charge in [-0.3, -0.25) is 4.79 Å². The lowest BCUT2D eigenvalue weighted by molar-refractivity contribution is -0.126. The van der Waals surface area contributed by atoms with Crippen molar-refractivity contribution < 1.29 is 9.53 Å². The Kier molecular flexibility index (Phi) is 5.81. The molecule has 1 aromatic rings. The van der Waals surface area contributed by atoms with Gasteiger partial charge in [-0.25, -0.2) is 0 Å². The third kappa shape index (κ3) is 4.60. The summed E-state index contributed by atoms with van der Waals surface area (Å²) in [6.45, 7) is 4.59. The highest BCUT2D eigenvalue weighted by Gasteiger charge is 2.25. The van der Waals surface area contributed by atoms with Crippen molar-refractivity contribution >= 4 is 5.91 Å². The van der Waals surface area contributed by atoms with Crippen LogP contribution >= 0.6 is 0 Å². The van der Waals surface area contributed by atoms with Crippen LogP contribution in [0.2, 0.25) is 0 Å². The molecule has 1 aromatic carbocycles. The van der Waals surface area contributed by atoms with Crippen molar-refractivity contribution in [1.29, 1.82) is 0 Å². The summed E-state index contributed by atoms with van der Waals surface area (Å²) in [5.74, 6) is 0.941. The molecule has 4 heteroatoms. The van der Waals surface area contributed by atoms with Crippen LogP contribution in [0.25, 0.3) is 0 Å². The van der Waals surface area contributed by atoms with Crippen LogP contribution in [0, 0.1) is 5.92 Å². The number of ether oxygens (including phenoxy) is 1. The van der Waals surface area contributed by atoms with Crippen molar-refractivity contribution in [2.75, 3.05) is 6.61 Å². The molecule has 0 aliphatic heterocycles. The van der Waals surface area contributed by atoms with Crippen LogP contribution in [-0.4, -0.2) is 18.6 Å². The average Bonchev–Trinajstić information content (AvgIpc) is 2.51. The third-order valence-corrected chi connectivity index (χ3v) is 3.87. The predicted molar refractivity (Wildman–Crippen MR) is 83.9 cm³/mol. The standard InChI is InChI=1S/C17H24N2O2/c1-2-10-21-16-9-4-3-6-14(16)12-19-17(20)13-7-5-8-15(18)11-13/h2-4,6,9,13,15H,1,5,7-8,10-12,18H2,(H,19,20). The first-order chi connectivity index (χ1) is 10.2. The Morgan fingerprint density at radius 3 is 3.00 bits per heavy atom. The molecule has 1 amide bonds. The highest BCUT2D eigenvalue weighted by molar-refractivity contribution is 5.78. The number of amides is 1. The Bertz CT molecular complexity index is 487. The maximum atomic E-state index is 12.2. The summed E-state index contributed by atoms with van der Waals surface area (Å²) in [6, 6.07) is 7.90. The summed E-state index contributed by atoms with van der Waals surface area (Å²) in [6.07, 6.45) is 5.51. The molecule has 4 nitrogen and oxygen atoms in total. The van der Waals surface area contributed by atoms with Gasteiger partial charge in [0.1, 0.15) is 12.4 Å². The van der Waals surface area contributed by atoms with Crippen LogP contribution < -0.4 is 15.8 Å². The number of carbonyl (C=O) groups is 1. The number of carbonyl (C=O) groups excluding carboxylic acids is 1. The van der Waals surface area contributed by atoms with Crippen molar-refractivity contribution in [1.82, 2.24) is 5.32 Å². The molecule has 1 fully saturated rings. The SMILES string of the molecule is C=CCOc1ccccc1CNC(=O)C1CCCC(N)C1. The van der Waals surface area contributed by atoms with Gasteiger partial charge in [0.25, 0.3) is 0 Å². The molecule has 2 unspecified atom stereocenters. The van der Waals surface area contributed by atoms with Crippen molar-refractivity contribution in [2.45, 2.75) is 38.3 Å². The van der Waals surface area contributed by atoms with E-state index in [1.54, 1.807) is 6.08 Å². The molecule has 0 bridgehead atoms. The van der Waals surface area contributed by atoms with Crippen molar-refractivity contribution in [3.05, 3.63) is 42.5 Å². The summed E-state index contributed by atoms with van der Waals surface area (Å²) in [7, 11) is 0. The predicted octanol–water partition coefficient (Wildman–Crippen LogP) is 2.39. The molecule has 21 heavy (non-hydrogen) atoms. The number of para-hydroxylation sites is 1. The summed E-state index contributed by atoms with van der Waals surface area (Å²) >= 11 is 0. The molecule has 1 aliphatic rings. The number of nitrogens with one attached hydrogen (secondary N) is 1. The van der Waals surface area contributed by atoms with Crippen LogP contribution in [0.5, 0.6) is 5.75 Å². The van der Waals surface area contributed by atoms with E-state index < -0.39 is 0 Å². The lowest BCUT2D eigenvalue weighted by atomic mass is 9.85. The van der Waals surface area contributed by atoms with Crippen LogP contribution in [0.1, 0.15) is 31.2 Å². The third-order valence-electron chi connectivity index (χ3n) is 3.87. The Labute approximate surface area is 126 Å². The molecule has 1 aliphatic carbocycles. The zero-order valence-electron chi connectivity index (χ0n) is 12.4. The lowest BCUT2D eigenvalue weighted by Gasteiger charge is -2.25. The van der Waals surface area contributed by atoms with Gasteiger partial charge in [-0.05, 0) is 25.3 Å². The van der Waals surface area contributed by atoms with Crippen molar-refractivity contribution in [3.63, 3.8) is 0 Å². The molecule has 0 spiro atoms. The first-order valence-corrected chi connectivity index (χ1v) is 7.55. The fourth-order valence-electron chi connectivity index (χ4n) is 2.73. The Balaban J connectivity index is 1.90. The van der Waals surface area contributed by atoms with Gasteiger partial charge < -0.3 is 15.8 Å². The van der Waals surface area contributed by atoms with Gasteiger partial charge in [-0.2, -0.15) is 0 Å². The van der Waals surface area contributed by atoms with E-state index in [0.717, 1.165) is 37.0 Å². The maximum absolute atomic E-state index is 12.2. The minimum atomic E-state index is 0.0509. The normalized spacial score (nSPS) is 21.6. The summed E-state index contributed by atoms with van der Waals surface area (Å²) < 4.78 is 5.59. The molecular weight excluding hydrogens is 264 g/mol. The van der Waals surface area contributed by atoms with Gasteiger partial charge in [-0.15, -0.1) is 0 Å². The molecule has 2 atom stereocenters. The monoisotopic (exact) mass is 288 g/mol. The minimum absolute atomic E-state index is 0.0509. The molecule has 0 heterocycles. The lowest BCUT2D eigenvalue weighted by Crippen LogP contribution is -2.37. The van der Waals surface area contributed by atoms with Gasteiger partial charge in [0.05, 0.1) is 0 Å². The molecule has 0 aromatic heterocycles. The Morgan fingerprint density at radius 1 is 1.43 bits per heavy atom. The fourth-order valence-corrected chi connectivity index (χ4v) is 2.73. The summed E-state index contributed by atoms with van der Waals surface area (Å²) in [5.41, 5.74) is 6.92. The number of rotatable bonds is 6. The molecule has 3 N–H and O–H groups in total. The Morgan fingerprint density at radius 2 is 2.24 bits per heavy atom. The first kappa shape index (κ1) is 15.6. The van der Waals surface area contributed by atoms with Gasteiger partial charge in [0.15, 0.2) is 0 Å². The smallest absolute Gasteiger partial charge is 0.223 e. The van der Waals surface area contributed by atoms with E-state index in [1.807, 2.05) is 24.3 Å². The highest BCUT2D eigenvalue weighted by atomic mass is 16.5. The number of hydrogen-bond acceptors (Lipinski definition) is 3. The molecular formula is C17H24N2O2. The van der Waals surface area contributed by atoms with E-state index in [-0.39, 0.29) is 17.9 Å². The topological polar surface area (TPSA) is 64.3 Å². The molecule has 114 valence electrons. The summed E-state index contributed by atoms with van der Waals surface area (Å²) in [4.78, 5) is 12.2. The van der Waals surface area contributed by atoms with Gasteiger partial charge in [-0.1, -0.05) is 37.3 Å². The van der Waals surface area contributed by atoms with Crippen LogP contribution in [-0.2, 0) is 11.3 Å². The van der Waals surface area contributed by atoms with Gasteiger partial charge >= 0.3 is 0 Å². The minimum Gasteiger partial charge on any atom is -0.489 e. The van der Waals surface area contributed by atoms with Crippen LogP contribution in [0.15, 0.2) is 36.9 Å². The van der Waals surface area contributed by atoms with Crippen LogP contribution in [0.4, 0.5) is 0 Å². The quantitative estimate of drug-likeness (QED) is 0.790. The second-order valence-corrected chi connectivity index (χ2v) is 5.55. The van der Waals surface area contributed by atoms with Gasteiger partial charge in [0.2, 0.25) is 5.91 Å². The van der Waals surface area contributed by atoms with E-state index in [1.165, 1.54) is 0 Å². The van der Waals surface area contributed by atoms with E-state index in [2.05, 4.69) is 11.9 Å². The van der Waals surface area contributed by atoms with E-state index in [9.17, 15) is 4.79 Å². The summed E-state index contributed by atoms with van der Waals surface area (Å²) in [5, 5.41) is 3.01. The molecule has 0 saturated heterocycles. The maximum Gasteiger partial charge on any atom is 0.223 e. The van der Waals surface area contributed by atoms with E-state index in [4.69, 9.17) is 10.5 Å². The van der Waals surface area contributed by atoms with Crippen molar-refractivity contribution in [2.24, 2.45) is 11.7 Å². The Hall–Kier alpha value is -1.81. The first-order valence-electron chi connectivity index (χ1n) is 7.55. The molecule has 0 radical (unpaired) electrons. The zero-order valence-corrected chi connectivity index (χ0v) is 12.4. The fraction of sp³-hybridized carbons (Fsp3) is 0.471. The number of nitrogens with two attached hydrogens (primary N) is 1. The zero-order chi connectivity index (χ0) is 15.1. The van der Waals surface area contributed by atoms with Crippen molar-refractivity contribution in [3.8, 4) is 5.75 Å². The van der Waals surface area contributed by atoms with Gasteiger partial charge in [0, 0.05) is 24.1 Å². The number of benzene rings is 1. The average molecular weight is 288 g/mol. The number of hydrogen-bond donors (Lipinski definition) is 2.